The van der Waals surface area contributed by atoms with Gasteiger partial charge in [0.2, 0.25) is 0 Å². The van der Waals surface area contributed by atoms with Gasteiger partial charge in [0.1, 0.15) is 0 Å². The van der Waals surface area contributed by atoms with Crippen molar-refractivity contribution in [3.63, 3.8) is 0 Å². The third-order valence-corrected chi connectivity index (χ3v) is 6.62. The second-order valence-electron chi connectivity index (χ2n) is 5.85. The van der Waals surface area contributed by atoms with Gasteiger partial charge in [-0.05, 0) is 64.7 Å². The Hall–Kier alpha value is -0.930. The number of rotatable bonds is 2. The SMILES string of the molecule is Cc1cc(Br)c(C(=O)C2C3CCc4ccccc4C32)s1. The quantitative estimate of drug-likeness (QED) is 0.701. The van der Waals surface area contributed by atoms with E-state index in [0.717, 1.165) is 15.8 Å². The molecule has 102 valence electrons. The van der Waals surface area contributed by atoms with Crippen LogP contribution in [-0.4, -0.2) is 5.78 Å². The first-order valence-corrected chi connectivity index (χ1v) is 8.65. The van der Waals surface area contributed by atoms with Crippen molar-refractivity contribution in [2.75, 3.05) is 0 Å². The standard InChI is InChI=1S/C17H15BrOS/c1-9-8-13(18)17(20-9)16(19)15-12-7-6-10-4-2-3-5-11(10)14(12)15/h2-5,8,12,14-15H,6-7H2,1H3. The minimum Gasteiger partial charge on any atom is -0.293 e. The Labute approximate surface area is 131 Å². The van der Waals surface area contributed by atoms with Crippen LogP contribution in [0.1, 0.15) is 38.0 Å². The molecule has 0 aliphatic heterocycles. The molecule has 4 rings (SSSR count). The molecule has 3 heteroatoms. The normalized spacial score (nSPS) is 26.8. The van der Waals surface area contributed by atoms with Crippen LogP contribution >= 0.6 is 27.3 Å². The molecule has 0 spiro atoms. The molecule has 1 heterocycles. The van der Waals surface area contributed by atoms with Crippen LogP contribution < -0.4 is 0 Å². The second-order valence-corrected chi connectivity index (χ2v) is 7.96. The average Bonchev–Trinajstić information content (AvgIpc) is 3.09. The van der Waals surface area contributed by atoms with Gasteiger partial charge in [0.25, 0.3) is 0 Å². The smallest absolute Gasteiger partial charge is 0.177 e. The molecular weight excluding hydrogens is 332 g/mol. The summed E-state index contributed by atoms with van der Waals surface area (Å²) in [5.74, 6) is 1.61. The highest BCUT2D eigenvalue weighted by Crippen LogP contribution is 2.61. The highest BCUT2D eigenvalue weighted by atomic mass is 79.9. The first-order valence-electron chi connectivity index (χ1n) is 7.05. The maximum absolute atomic E-state index is 12.8. The third kappa shape index (κ3) is 1.83. The molecule has 2 aromatic rings. The van der Waals surface area contributed by atoms with Crippen LogP contribution in [-0.2, 0) is 6.42 Å². The molecule has 2 aliphatic rings. The Morgan fingerprint density at radius 2 is 2.15 bits per heavy atom. The number of carbonyl (C=O) groups excluding carboxylic acids is 1. The van der Waals surface area contributed by atoms with Crippen molar-refractivity contribution in [2.24, 2.45) is 11.8 Å². The number of benzene rings is 1. The van der Waals surface area contributed by atoms with E-state index in [1.54, 1.807) is 11.3 Å². The van der Waals surface area contributed by atoms with E-state index in [9.17, 15) is 4.79 Å². The molecule has 1 fully saturated rings. The van der Waals surface area contributed by atoms with Crippen molar-refractivity contribution in [1.29, 1.82) is 0 Å². The van der Waals surface area contributed by atoms with Crippen LogP contribution in [0, 0.1) is 18.8 Å². The fourth-order valence-corrected chi connectivity index (χ4v) is 5.55. The van der Waals surface area contributed by atoms with E-state index in [0.29, 0.717) is 17.6 Å². The number of aryl methyl sites for hydroxylation is 2. The van der Waals surface area contributed by atoms with Gasteiger partial charge >= 0.3 is 0 Å². The lowest BCUT2D eigenvalue weighted by molar-refractivity contribution is 0.0962. The molecular formula is C17H15BrOS. The van der Waals surface area contributed by atoms with Gasteiger partial charge < -0.3 is 0 Å². The molecule has 0 amide bonds. The average molecular weight is 347 g/mol. The summed E-state index contributed by atoms with van der Waals surface area (Å²) in [5.41, 5.74) is 2.87. The number of thiophene rings is 1. The van der Waals surface area contributed by atoms with Crippen molar-refractivity contribution >= 4 is 33.0 Å². The highest BCUT2D eigenvalue weighted by molar-refractivity contribution is 9.10. The Morgan fingerprint density at radius 3 is 2.90 bits per heavy atom. The van der Waals surface area contributed by atoms with Crippen LogP contribution in [0.3, 0.4) is 0 Å². The maximum atomic E-state index is 12.8. The van der Waals surface area contributed by atoms with Crippen molar-refractivity contribution in [3.05, 3.63) is 55.7 Å². The third-order valence-electron chi connectivity index (χ3n) is 4.67. The first-order chi connectivity index (χ1) is 9.66. The van der Waals surface area contributed by atoms with Crippen molar-refractivity contribution in [2.45, 2.75) is 25.7 Å². The van der Waals surface area contributed by atoms with E-state index in [4.69, 9.17) is 0 Å². The summed E-state index contributed by atoms with van der Waals surface area (Å²) in [4.78, 5) is 14.9. The molecule has 0 saturated heterocycles. The first kappa shape index (κ1) is 12.8. The lowest BCUT2D eigenvalue weighted by Crippen LogP contribution is -2.02. The highest BCUT2D eigenvalue weighted by Gasteiger charge is 2.57. The van der Waals surface area contributed by atoms with E-state index >= 15 is 0 Å². The monoisotopic (exact) mass is 346 g/mol. The fraction of sp³-hybridized carbons (Fsp3) is 0.353. The lowest BCUT2D eigenvalue weighted by atomic mass is 9.92. The Bertz CT molecular complexity index is 703. The van der Waals surface area contributed by atoms with Gasteiger partial charge in [-0.3, -0.25) is 4.79 Å². The van der Waals surface area contributed by atoms with Gasteiger partial charge in [-0.1, -0.05) is 24.3 Å². The van der Waals surface area contributed by atoms with Gasteiger partial charge in [-0.15, -0.1) is 11.3 Å². The molecule has 1 saturated carbocycles. The van der Waals surface area contributed by atoms with Crippen molar-refractivity contribution in [1.82, 2.24) is 0 Å². The van der Waals surface area contributed by atoms with Crippen LogP contribution in [0.15, 0.2) is 34.8 Å². The molecule has 1 aromatic carbocycles. The predicted octanol–water partition coefficient (Wildman–Crippen LogP) is 4.98. The topological polar surface area (TPSA) is 17.1 Å². The zero-order valence-corrected chi connectivity index (χ0v) is 13.6. The number of hydrogen-bond acceptors (Lipinski definition) is 2. The van der Waals surface area contributed by atoms with Gasteiger partial charge in [0.15, 0.2) is 5.78 Å². The summed E-state index contributed by atoms with van der Waals surface area (Å²) in [6.07, 6.45) is 2.30. The molecule has 1 aromatic heterocycles. The molecule has 3 atom stereocenters. The summed E-state index contributed by atoms with van der Waals surface area (Å²) in [7, 11) is 0. The summed E-state index contributed by atoms with van der Waals surface area (Å²) >= 11 is 5.16. The van der Waals surface area contributed by atoms with Gasteiger partial charge in [-0.25, -0.2) is 0 Å². The van der Waals surface area contributed by atoms with E-state index < -0.39 is 0 Å². The molecule has 0 radical (unpaired) electrons. The number of ketones is 1. The van der Waals surface area contributed by atoms with Crippen LogP contribution in [0.4, 0.5) is 0 Å². The van der Waals surface area contributed by atoms with Gasteiger partial charge in [0, 0.05) is 15.3 Å². The number of Topliss-reactive ketones (excluding diaryl/α,β-unsaturated/α-hetero) is 1. The zero-order chi connectivity index (χ0) is 13.9. The van der Waals surface area contributed by atoms with Crippen LogP contribution in [0.25, 0.3) is 0 Å². The molecule has 2 aliphatic carbocycles. The number of halogens is 1. The Kier molecular flexibility index (Phi) is 2.90. The van der Waals surface area contributed by atoms with E-state index in [1.165, 1.54) is 22.4 Å². The molecule has 20 heavy (non-hydrogen) atoms. The predicted molar refractivity (Wildman–Crippen MR) is 85.6 cm³/mol. The summed E-state index contributed by atoms with van der Waals surface area (Å²) in [6.45, 7) is 2.06. The van der Waals surface area contributed by atoms with Gasteiger partial charge in [0.05, 0.1) is 4.88 Å². The molecule has 0 N–H and O–H groups in total. The number of hydrogen-bond donors (Lipinski definition) is 0. The molecule has 1 nitrogen and oxygen atoms in total. The molecule has 3 unspecified atom stereocenters. The van der Waals surface area contributed by atoms with Crippen molar-refractivity contribution in [3.8, 4) is 0 Å². The second kappa shape index (κ2) is 4.54. The van der Waals surface area contributed by atoms with Crippen molar-refractivity contribution < 1.29 is 4.79 Å². The van der Waals surface area contributed by atoms with E-state index in [1.807, 2.05) is 0 Å². The Morgan fingerprint density at radius 1 is 1.35 bits per heavy atom. The summed E-state index contributed by atoms with van der Waals surface area (Å²) in [6, 6.07) is 10.7. The van der Waals surface area contributed by atoms with Crippen LogP contribution in [0.5, 0.6) is 0 Å². The van der Waals surface area contributed by atoms with Crippen LogP contribution in [0.2, 0.25) is 0 Å². The lowest BCUT2D eigenvalue weighted by Gasteiger charge is -2.13. The van der Waals surface area contributed by atoms with E-state index in [2.05, 4.69) is 53.2 Å². The number of fused-ring (bicyclic) bond motifs is 3. The minimum atomic E-state index is 0.216. The van der Waals surface area contributed by atoms with E-state index in [-0.39, 0.29) is 5.92 Å². The number of carbonyl (C=O) groups is 1. The zero-order valence-electron chi connectivity index (χ0n) is 11.2. The molecule has 0 bridgehead atoms. The van der Waals surface area contributed by atoms with Gasteiger partial charge in [-0.2, -0.15) is 0 Å². The largest absolute Gasteiger partial charge is 0.293 e. The fourth-order valence-electron chi connectivity index (χ4n) is 3.73. The Balaban J connectivity index is 1.67. The maximum Gasteiger partial charge on any atom is 0.177 e. The minimum absolute atomic E-state index is 0.216. The summed E-state index contributed by atoms with van der Waals surface area (Å²) in [5, 5.41) is 0. The summed E-state index contributed by atoms with van der Waals surface area (Å²) < 4.78 is 0.974.